The number of rotatable bonds is 11. The number of hydrogen-bond acceptors (Lipinski definition) is 4. The van der Waals surface area contributed by atoms with Crippen LogP contribution in [0, 0.1) is 5.82 Å². The molecule has 0 aliphatic carbocycles. The van der Waals surface area contributed by atoms with E-state index in [9.17, 15) is 22.4 Å². The van der Waals surface area contributed by atoms with Gasteiger partial charge in [0.1, 0.15) is 18.4 Å². The molecule has 3 rings (SSSR count). The molecule has 0 bridgehead atoms. The Balaban J connectivity index is 2.02. The van der Waals surface area contributed by atoms with Gasteiger partial charge in [0.2, 0.25) is 11.8 Å². The number of carbonyl (C=O) groups excluding carboxylic acids is 2. The number of anilines is 1. The lowest BCUT2D eigenvalue weighted by atomic mass is 10.1. The fourth-order valence-electron chi connectivity index (χ4n) is 3.71. The van der Waals surface area contributed by atoms with E-state index in [0.29, 0.717) is 17.0 Å². The number of amides is 2. The predicted octanol–water partition coefficient (Wildman–Crippen LogP) is 5.01. The number of sulfonamides is 1. The topological polar surface area (TPSA) is 86.8 Å². The van der Waals surface area contributed by atoms with E-state index in [2.05, 4.69) is 5.32 Å². The van der Waals surface area contributed by atoms with Gasteiger partial charge in [0.25, 0.3) is 10.0 Å². The average Bonchev–Trinajstić information content (AvgIpc) is 2.91. The summed E-state index contributed by atoms with van der Waals surface area (Å²) in [6.45, 7) is 4.73. The standard InChI is InChI=1S/C28H31ClFN3O4S/c1-4-20(2)31-28(35)21(3)32(18-22-10-8-9-13-26(22)29)27(34)19-33(24-16-14-23(30)15-17-24)38(36,37)25-11-6-5-7-12-25/h5-17,20-21H,4,18-19H2,1-3H3,(H,31,35)/t20-,21-/m1/s1. The molecule has 0 aliphatic heterocycles. The summed E-state index contributed by atoms with van der Waals surface area (Å²) in [6, 6.07) is 18.4. The highest BCUT2D eigenvalue weighted by molar-refractivity contribution is 7.92. The highest BCUT2D eigenvalue weighted by Crippen LogP contribution is 2.25. The first-order valence-electron chi connectivity index (χ1n) is 12.2. The minimum atomic E-state index is -4.21. The molecule has 202 valence electrons. The van der Waals surface area contributed by atoms with Gasteiger partial charge in [-0.3, -0.25) is 13.9 Å². The Morgan fingerprint density at radius 1 is 0.947 bits per heavy atom. The van der Waals surface area contributed by atoms with E-state index in [1.807, 2.05) is 13.8 Å². The second kappa shape index (κ2) is 12.9. The molecule has 0 aromatic heterocycles. The Bertz CT molecular complexity index is 1350. The fourth-order valence-corrected chi connectivity index (χ4v) is 5.34. The van der Waals surface area contributed by atoms with E-state index in [1.54, 1.807) is 49.4 Å². The number of nitrogens with zero attached hydrogens (tertiary/aromatic N) is 2. The van der Waals surface area contributed by atoms with Crippen molar-refractivity contribution >= 4 is 39.1 Å². The van der Waals surface area contributed by atoms with Gasteiger partial charge in [0, 0.05) is 17.6 Å². The third-order valence-corrected chi connectivity index (χ3v) is 8.35. The smallest absolute Gasteiger partial charge is 0.264 e. The largest absolute Gasteiger partial charge is 0.352 e. The minimum Gasteiger partial charge on any atom is -0.352 e. The first-order chi connectivity index (χ1) is 18.0. The molecular weight excluding hydrogens is 529 g/mol. The third kappa shape index (κ3) is 7.11. The molecule has 0 unspecified atom stereocenters. The molecule has 3 aromatic carbocycles. The minimum absolute atomic E-state index is 0.0176. The zero-order valence-corrected chi connectivity index (χ0v) is 23.0. The van der Waals surface area contributed by atoms with Gasteiger partial charge in [-0.2, -0.15) is 0 Å². The van der Waals surface area contributed by atoms with Crippen molar-refractivity contribution < 1.29 is 22.4 Å². The molecule has 1 N–H and O–H groups in total. The molecule has 0 radical (unpaired) electrons. The Morgan fingerprint density at radius 2 is 1.55 bits per heavy atom. The van der Waals surface area contributed by atoms with E-state index in [0.717, 1.165) is 16.4 Å². The SMILES string of the molecule is CC[C@@H](C)NC(=O)[C@@H](C)N(Cc1ccccc1Cl)C(=O)CN(c1ccc(F)cc1)S(=O)(=O)c1ccccc1. The highest BCUT2D eigenvalue weighted by atomic mass is 35.5. The lowest BCUT2D eigenvalue weighted by Gasteiger charge is -2.32. The number of nitrogens with one attached hydrogen (secondary N) is 1. The quantitative estimate of drug-likeness (QED) is 0.358. The molecule has 38 heavy (non-hydrogen) atoms. The van der Waals surface area contributed by atoms with Gasteiger partial charge in [-0.15, -0.1) is 0 Å². The maximum atomic E-state index is 13.8. The summed E-state index contributed by atoms with van der Waals surface area (Å²) in [6.07, 6.45) is 0.699. The van der Waals surface area contributed by atoms with Crippen LogP contribution in [0.3, 0.4) is 0 Å². The molecule has 0 heterocycles. The van der Waals surface area contributed by atoms with Crippen molar-refractivity contribution in [2.24, 2.45) is 0 Å². The Labute approximate surface area is 228 Å². The second-order valence-corrected chi connectivity index (χ2v) is 11.2. The first kappa shape index (κ1) is 29.1. The van der Waals surface area contributed by atoms with E-state index < -0.39 is 34.3 Å². The molecule has 2 atom stereocenters. The summed E-state index contributed by atoms with van der Waals surface area (Å²) in [7, 11) is -4.21. The molecule has 2 amide bonds. The van der Waals surface area contributed by atoms with Crippen molar-refractivity contribution in [2.75, 3.05) is 10.8 Å². The van der Waals surface area contributed by atoms with Crippen molar-refractivity contribution in [3.63, 3.8) is 0 Å². The van der Waals surface area contributed by atoms with Gasteiger partial charge in [-0.25, -0.2) is 12.8 Å². The van der Waals surface area contributed by atoms with Gasteiger partial charge in [0.15, 0.2) is 0 Å². The van der Waals surface area contributed by atoms with Gasteiger partial charge in [-0.1, -0.05) is 54.9 Å². The second-order valence-electron chi connectivity index (χ2n) is 8.91. The third-order valence-electron chi connectivity index (χ3n) is 6.19. The number of carbonyl (C=O) groups is 2. The molecule has 0 spiro atoms. The summed E-state index contributed by atoms with van der Waals surface area (Å²) in [5.41, 5.74) is 0.711. The van der Waals surface area contributed by atoms with Crippen molar-refractivity contribution in [3.8, 4) is 0 Å². The van der Waals surface area contributed by atoms with Crippen LogP contribution in [0.5, 0.6) is 0 Å². The first-order valence-corrected chi connectivity index (χ1v) is 14.0. The molecule has 0 saturated heterocycles. The normalized spacial score (nSPS) is 12.9. The van der Waals surface area contributed by atoms with Crippen LogP contribution >= 0.6 is 11.6 Å². The summed E-state index contributed by atoms with van der Waals surface area (Å²) in [5, 5.41) is 3.28. The number of benzene rings is 3. The van der Waals surface area contributed by atoms with Crippen molar-refractivity contribution in [3.05, 3.63) is 95.3 Å². The van der Waals surface area contributed by atoms with Crippen LogP contribution in [0.1, 0.15) is 32.8 Å². The highest BCUT2D eigenvalue weighted by Gasteiger charge is 2.33. The molecule has 0 saturated carbocycles. The fraction of sp³-hybridized carbons (Fsp3) is 0.286. The predicted molar refractivity (Wildman–Crippen MR) is 147 cm³/mol. The Kier molecular flexibility index (Phi) is 9.88. The molecule has 3 aromatic rings. The lowest BCUT2D eigenvalue weighted by Crippen LogP contribution is -2.52. The summed E-state index contributed by atoms with van der Waals surface area (Å²) in [4.78, 5) is 28.1. The van der Waals surface area contributed by atoms with Crippen LogP contribution in [-0.2, 0) is 26.2 Å². The van der Waals surface area contributed by atoms with E-state index >= 15 is 0 Å². The van der Waals surface area contributed by atoms with Crippen LogP contribution in [-0.4, -0.2) is 43.8 Å². The van der Waals surface area contributed by atoms with Crippen LogP contribution in [0.2, 0.25) is 5.02 Å². The van der Waals surface area contributed by atoms with Crippen molar-refractivity contribution in [1.82, 2.24) is 10.2 Å². The van der Waals surface area contributed by atoms with Crippen LogP contribution in [0.4, 0.5) is 10.1 Å². The van der Waals surface area contributed by atoms with Crippen LogP contribution in [0.25, 0.3) is 0 Å². The maximum absolute atomic E-state index is 13.8. The molecule has 0 aliphatic rings. The molecule has 0 fully saturated rings. The summed E-state index contributed by atoms with van der Waals surface area (Å²) >= 11 is 6.35. The maximum Gasteiger partial charge on any atom is 0.264 e. The van der Waals surface area contributed by atoms with Crippen molar-refractivity contribution in [2.45, 2.75) is 50.7 Å². The summed E-state index contributed by atoms with van der Waals surface area (Å²) < 4.78 is 41.9. The number of hydrogen-bond donors (Lipinski definition) is 1. The summed E-state index contributed by atoms with van der Waals surface area (Å²) in [5.74, 6) is -1.55. The molecule has 7 nitrogen and oxygen atoms in total. The van der Waals surface area contributed by atoms with E-state index in [4.69, 9.17) is 11.6 Å². The van der Waals surface area contributed by atoms with E-state index in [-0.39, 0.29) is 29.1 Å². The van der Waals surface area contributed by atoms with Crippen LogP contribution in [0.15, 0.2) is 83.8 Å². The molecule has 10 heteroatoms. The van der Waals surface area contributed by atoms with Gasteiger partial charge >= 0.3 is 0 Å². The Morgan fingerprint density at radius 3 is 2.16 bits per heavy atom. The van der Waals surface area contributed by atoms with Gasteiger partial charge < -0.3 is 10.2 Å². The zero-order valence-electron chi connectivity index (χ0n) is 21.5. The van der Waals surface area contributed by atoms with Crippen LogP contribution < -0.4 is 9.62 Å². The number of halogens is 2. The zero-order chi connectivity index (χ0) is 27.9. The monoisotopic (exact) mass is 559 g/mol. The lowest BCUT2D eigenvalue weighted by molar-refractivity contribution is -0.139. The Hall–Kier alpha value is -3.43. The van der Waals surface area contributed by atoms with E-state index in [1.165, 1.54) is 29.2 Å². The molecular formula is C28H31ClFN3O4S. The van der Waals surface area contributed by atoms with Gasteiger partial charge in [-0.05, 0) is 68.3 Å². The van der Waals surface area contributed by atoms with Gasteiger partial charge in [0.05, 0.1) is 10.6 Å². The van der Waals surface area contributed by atoms with Crippen molar-refractivity contribution in [1.29, 1.82) is 0 Å². The average molecular weight is 560 g/mol.